The number of hydrogen-bond donors (Lipinski definition) is 0. The number of nitrogens with zero attached hydrogens (tertiary/aromatic N) is 4. The van der Waals surface area contributed by atoms with Gasteiger partial charge in [-0.15, -0.1) is 0 Å². The molecule has 112 valence electrons. The van der Waals surface area contributed by atoms with Gasteiger partial charge in [0.05, 0.1) is 17.3 Å². The lowest BCUT2D eigenvalue weighted by Crippen LogP contribution is -2.41. The second kappa shape index (κ2) is 5.30. The zero-order chi connectivity index (χ0) is 14.2. The molecular weight excluding hydrogens is 264 g/mol. The van der Waals surface area contributed by atoms with Crippen molar-refractivity contribution in [2.24, 2.45) is 0 Å². The molecule has 2 aliphatic rings. The maximum Gasteiger partial charge on any atom is 0.159 e. The van der Waals surface area contributed by atoms with Crippen LogP contribution in [-0.2, 0) is 11.3 Å². The summed E-state index contributed by atoms with van der Waals surface area (Å²) in [5.41, 5.74) is 2.32. The predicted octanol–water partition coefficient (Wildman–Crippen LogP) is 2.60. The normalized spacial score (nSPS) is 20.0. The molecule has 3 heterocycles. The van der Waals surface area contributed by atoms with Crippen molar-refractivity contribution in [3.8, 4) is 0 Å². The first-order valence-electron chi connectivity index (χ1n) is 8.05. The minimum atomic E-state index is 0.599. The van der Waals surface area contributed by atoms with E-state index in [0.29, 0.717) is 12.1 Å². The van der Waals surface area contributed by atoms with E-state index in [4.69, 9.17) is 4.74 Å². The van der Waals surface area contributed by atoms with Gasteiger partial charge in [0.15, 0.2) is 5.65 Å². The monoisotopic (exact) mass is 286 g/mol. The summed E-state index contributed by atoms with van der Waals surface area (Å²) in [6.45, 7) is 4.74. The van der Waals surface area contributed by atoms with Crippen molar-refractivity contribution in [1.29, 1.82) is 0 Å². The van der Waals surface area contributed by atoms with Crippen molar-refractivity contribution >= 4 is 16.7 Å². The van der Waals surface area contributed by atoms with Crippen molar-refractivity contribution in [3.05, 3.63) is 18.5 Å². The van der Waals surface area contributed by atoms with Crippen LogP contribution in [0, 0.1) is 0 Å². The van der Waals surface area contributed by atoms with Crippen LogP contribution in [0.25, 0.3) is 11.0 Å². The topological polar surface area (TPSA) is 43.2 Å². The van der Waals surface area contributed by atoms with E-state index >= 15 is 0 Å². The van der Waals surface area contributed by atoms with E-state index in [0.717, 1.165) is 38.2 Å². The number of ether oxygens (including phenoxy) is 1. The first-order valence-corrected chi connectivity index (χ1v) is 8.05. The molecule has 0 N–H and O–H groups in total. The van der Waals surface area contributed by atoms with E-state index in [1.54, 1.807) is 0 Å². The van der Waals surface area contributed by atoms with Gasteiger partial charge in [0, 0.05) is 38.0 Å². The van der Waals surface area contributed by atoms with Gasteiger partial charge < -0.3 is 9.64 Å². The molecule has 1 aliphatic carbocycles. The summed E-state index contributed by atoms with van der Waals surface area (Å²) >= 11 is 0. The van der Waals surface area contributed by atoms with Gasteiger partial charge in [0.25, 0.3) is 0 Å². The summed E-state index contributed by atoms with van der Waals surface area (Å²) in [5, 5.41) is 5.68. The molecule has 5 heteroatoms. The van der Waals surface area contributed by atoms with Crippen molar-refractivity contribution in [2.45, 2.75) is 51.2 Å². The Balaban J connectivity index is 1.76. The fourth-order valence-electron chi connectivity index (χ4n) is 3.43. The molecule has 2 aromatic rings. The van der Waals surface area contributed by atoms with E-state index in [-0.39, 0.29) is 0 Å². The molecule has 4 rings (SSSR count). The molecule has 0 spiro atoms. The highest BCUT2D eigenvalue weighted by Crippen LogP contribution is 2.38. The molecule has 0 unspecified atom stereocenters. The van der Waals surface area contributed by atoms with Gasteiger partial charge in [-0.05, 0) is 38.7 Å². The summed E-state index contributed by atoms with van der Waals surface area (Å²) in [7, 11) is 0. The fourth-order valence-corrected chi connectivity index (χ4v) is 3.43. The number of fused-ring (bicyclic) bond motifs is 1. The number of rotatable bonds is 4. The van der Waals surface area contributed by atoms with Crippen LogP contribution in [0.1, 0.15) is 32.6 Å². The molecule has 21 heavy (non-hydrogen) atoms. The van der Waals surface area contributed by atoms with E-state index in [9.17, 15) is 0 Å². The Kier molecular flexibility index (Phi) is 3.30. The Bertz CT molecular complexity index is 628. The third kappa shape index (κ3) is 2.29. The molecular formula is C16H22N4O. The second-order valence-corrected chi connectivity index (χ2v) is 6.01. The number of hydrogen-bond acceptors (Lipinski definition) is 4. The Morgan fingerprint density at radius 2 is 2.00 bits per heavy atom. The number of anilines is 1. The molecule has 0 radical (unpaired) electrons. The average Bonchev–Trinajstić information content (AvgIpc) is 3.27. The second-order valence-electron chi connectivity index (χ2n) is 6.01. The highest BCUT2D eigenvalue weighted by atomic mass is 16.5. The molecule has 0 atom stereocenters. The molecule has 2 aromatic heterocycles. The quantitative estimate of drug-likeness (QED) is 0.866. The number of aromatic nitrogens is 3. The molecule has 1 aliphatic heterocycles. The molecule has 0 amide bonds. The SMILES string of the molecule is CCn1ncc2c(N(C3CCOCC3)C3CC3)ccnc21. The van der Waals surface area contributed by atoms with Crippen LogP contribution in [0.4, 0.5) is 5.69 Å². The van der Waals surface area contributed by atoms with E-state index in [2.05, 4.69) is 28.0 Å². The van der Waals surface area contributed by atoms with Crippen molar-refractivity contribution in [1.82, 2.24) is 14.8 Å². The van der Waals surface area contributed by atoms with Gasteiger partial charge in [0.2, 0.25) is 0 Å². The first-order chi connectivity index (χ1) is 10.4. The highest BCUT2D eigenvalue weighted by molar-refractivity contribution is 5.89. The molecule has 1 saturated heterocycles. The maximum absolute atomic E-state index is 5.54. The average molecular weight is 286 g/mol. The van der Waals surface area contributed by atoms with E-state index in [1.807, 2.05) is 17.1 Å². The minimum Gasteiger partial charge on any atom is -0.381 e. The van der Waals surface area contributed by atoms with Gasteiger partial charge in [-0.3, -0.25) is 0 Å². The smallest absolute Gasteiger partial charge is 0.159 e. The highest BCUT2D eigenvalue weighted by Gasteiger charge is 2.35. The summed E-state index contributed by atoms with van der Waals surface area (Å²) < 4.78 is 7.52. The third-order valence-electron chi connectivity index (χ3n) is 4.62. The Morgan fingerprint density at radius 3 is 2.71 bits per heavy atom. The van der Waals surface area contributed by atoms with Crippen LogP contribution >= 0.6 is 0 Å². The van der Waals surface area contributed by atoms with E-state index in [1.165, 1.54) is 23.9 Å². The van der Waals surface area contributed by atoms with Crippen LogP contribution in [0.15, 0.2) is 18.5 Å². The lowest BCUT2D eigenvalue weighted by molar-refractivity contribution is 0.0841. The molecule has 2 fully saturated rings. The van der Waals surface area contributed by atoms with Crippen molar-refractivity contribution in [3.63, 3.8) is 0 Å². The zero-order valence-electron chi connectivity index (χ0n) is 12.5. The standard InChI is InChI=1S/C16H22N4O/c1-2-19-16-14(11-18-19)15(5-8-17-16)20(12-3-4-12)13-6-9-21-10-7-13/h5,8,11-13H,2-4,6-7,9-10H2,1H3. The molecule has 1 saturated carbocycles. The lowest BCUT2D eigenvalue weighted by Gasteiger charge is -2.36. The molecule has 5 nitrogen and oxygen atoms in total. The van der Waals surface area contributed by atoms with Crippen LogP contribution < -0.4 is 4.90 Å². The van der Waals surface area contributed by atoms with Crippen LogP contribution in [-0.4, -0.2) is 40.1 Å². The zero-order valence-corrected chi connectivity index (χ0v) is 12.5. The lowest BCUT2D eigenvalue weighted by atomic mass is 10.1. The van der Waals surface area contributed by atoms with Crippen LogP contribution in [0.3, 0.4) is 0 Å². The predicted molar refractivity (Wildman–Crippen MR) is 82.5 cm³/mol. The molecule has 0 bridgehead atoms. The van der Waals surface area contributed by atoms with Crippen LogP contribution in [0.2, 0.25) is 0 Å². The maximum atomic E-state index is 5.54. The van der Waals surface area contributed by atoms with Crippen molar-refractivity contribution < 1.29 is 4.74 Å². The number of aryl methyl sites for hydroxylation is 1. The van der Waals surface area contributed by atoms with Crippen LogP contribution in [0.5, 0.6) is 0 Å². The largest absolute Gasteiger partial charge is 0.381 e. The Hall–Kier alpha value is -1.62. The third-order valence-corrected chi connectivity index (χ3v) is 4.62. The molecule has 0 aromatic carbocycles. The summed E-state index contributed by atoms with van der Waals surface area (Å²) in [6.07, 6.45) is 8.78. The van der Waals surface area contributed by atoms with Gasteiger partial charge in [0.1, 0.15) is 0 Å². The van der Waals surface area contributed by atoms with E-state index < -0.39 is 0 Å². The Labute approximate surface area is 124 Å². The van der Waals surface area contributed by atoms with Gasteiger partial charge in [-0.25, -0.2) is 9.67 Å². The summed E-state index contributed by atoms with van der Waals surface area (Å²) in [6, 6.07) is 3.46. The minimum absolute atomic E-state index is 0.599. The first kappa shape index (κ1) is 13.1. The van der Waals surface area contributed by atoms with Crippen molar-refractivity contribution in [2.75, 3.05) is 18.1 Å². The Morgan fingerprint density at radius 1 is 1.24 bits per heavy atom. The summed E-state index contributed by atoms with van der Waals surface area (Å²) in [4.78, 5) is 7.16. The van der Waals surface area contributed by atoms with Gasteiger partial charge in [-0.2, -0.15) is 5.10 Å². The number of pyridine rings is 1. The van der Waals surface area contributed by atoms with Gasteiger partial charge in [-0.1, -0.05) is 0 Å². The van der Waals surface area contributed by atoms with Gasteiger partial charge >= 0.3 is 0 Å². The summed E-state index contributed by atoms with van der Waals surface area (Å²) in [5.74, 6) is 0. The fraction of sp³-hybridized carbons (Fsp3) is 0.625.